The van der Waals surface area contributed by atoms with Crippen LogP contribution in [0.2, 0.25) is 0 Å². The highest BCUT2D eigenvalue weighted by atomic mass is 32.2. The van der Waals surface area contributed by atoms with Gasteiger partial charge in [-0.3, -0.25) is 4.57 Å². The second-order valence-corrected chi connectivity index (χ2v) is 13.2. The molecule has 1 aromatic carbocycles. The quantitative estimate of drug-likeness (QED) is 0.0887. The van der Waals surface area contributed by atoms with Gasteiger partial charge in [-0.1, -0.05) is 63.1 Å². The number of aromatic nitrogens is 4. The van der Waals surface area contributed by atoms with Crippen LogP contribution in [0, 0.1) is 0 Å². The van der Waals surface area contributed by atoms with E-state index in [1.807, 2.05) is 49.0 Å². The average molecular weight is 608 g/mol. The molecule has 0 amide bonds. The van der Waals surface area contributed by atoms with Crippen molar-refractivity contribution in [1.82, 2.24) is 19.5 Å². The Morgan fingerprint density at radius 1 is 0.927 bits per heavy atom. The molecule has 0 bridgehead atoms. The molecule has 3 aromatic rings. The minimum absolute atomic E-state index is 0.249. The Morgan fingerprint density at radius 3 is 2.37 bits per heavy atom. The highest BCUT2D eigenvalue weighted by Crippen LogP contribution is 2.42. The third-order valence-electron chi connectivity index (χ3n) is 6.58. The molecule has 0 saturated carbocycles. The summed E-state index contributed by atoms with van der Waals surface area (Å²) in [5.41, 5.74) is 6.94. The average Bonchev–Trinajstić information content (AvgIpc) is 3.38. The maximum atomic E-state index is 12.3. The number of rotatable bonds is 23. The zero-order valence-corrected chi connectivity index (χ0v) is 25.9. The summed E-state index contributed by atoms with van der Waals surface area (Å²) < 4.78 is 30.7. The fourth-order valence-electron chi connectivity index (χ4n) is 4.34. The van der Waals surface area contributed by atoms with E-state index in [0.29, 0.717) is 23.5 Å². The number of nitrogen functional groups attached to an aromatic ring is 1. The van der Waals surface area contributed by atoms with Crippen LogP contribution in [-0.2, 0) is 20.4 Å². The number of ether oxygens (including phenoxy) is 2. The van der Waals surface area contributed by atoms with E-state index >= 15 is 0 Å². The molecule has 2 aromatic heterocycles. The zero-order chi connectivity index (χ0) is 29.2. The monoisotopic (exact) mass is 607 g/mol. The first-order valence-corrected chi connectivity index (χ1v) is 17.6. The van der Waals surface area contributed by atoms with Crippen LogP contribution >= 0.6 is 19.4 Å². The van der Waals surface area contributed by atoms with Gasteiger partial charge < -0.3 is 29.2 Å². The molecular formula is C29H46N5O5PS. The first kappa shape index (κ1) is 33.3. The second kappa shape index (κ2) is 19.1. The Hall–Kier alpha value is -2.17. The van der Waals surface area contributed by atoms with Crippen molar-refractivity contribution in [2.75, 3.05) is 36.8 Å². The molecule has 3 N–H and O–H groups in total. The van der Waals surface area contributed by atoms with Gasteiger partial charge in [0.2, 0.25) is 0 Å². The Bertz CT molecular complexity index is 1170. The zero-order valence-electron chi connectivity index (χ0n) is 24.2. The van der Waals surface area contributed by atoms with E-state index in [0.717, 1.165) is 36.7 Å². The van der Waals surface area contributed by atoms with Crippen molar-refractivity contribution >= 4 is 36.3 Å². The number of benzene rings is 1. The Labute approximate surface area is 248 Å². The van der Waals surface area contributed by atoms with Gasteiger partial charge in [-0.15, -0.1) is 0 Å². The number of para-hydroxylation sites is 1. The van der Waals surface area contributed by atoms with Crippen molar-refractivity contribution in [2.45, 2.75) is 83.8 Å². The van der Waals surface area contributed by atoms with Crippen LogP contribution in [0.3, 0.4) is 0 Å². The van der Waals surface area contributed by atoms with E-state index < -0.39 is 7.60 Å². The summed E-state index contributed by atoms with van der Waals surface area (Å²) in [6.07, 6.45) is 14.4. The van der Waals surface area contributed by atoms with Crippen molar-refractivity contribution < 1.29 is 23.5 Å². The van der Waals surface area contributed by atoms with Gasteiger partial charge in [-0.25, -0.2) is 15.0 Å². The fourth-order valence-corrected chi connectivity index (χ4v) is 6.21. The van der Waals surface area contributed by atoms with Crippen LogP contribution in [0.4, 0.5) is 5.82 Å². The lowest BCUT2D eigenvalue weighted by molar-refractivity contribution is 0.0718. The molecule has 2 atom stereocenters. The van der Waals surface area contributed by atoms with Gasteiger partial charge >= 0.3 is 7.60 Å². The van der Waals surface area contributed by atoms with Crippen LogP contribution in [0.5, 0.6) is 5.75 Å². The summed E-state index contributed by atoms with van der Waals surface area (Å²) in [6.45, 7) is 3.28. The van der Waals surface area contributed by atoms with Crippen LogP contribution < -0.4 is 10.5 Å². The number of hydrogen-bond donors (Lipinski definition) is 2. The minimum Gasteiger partial charge on any atom is -0.494 e. The van der Waals surface area contributed by atoms with E-state index in [-0.39, 0.29) is 19.1 Å². The molecule has 0 saturated heterocycles. The summed E-state index contributed by atoms with van der Waals surface area (Å²) in [5.74, 6) is 3.32. The van der Waals surface area contributed by atoms with E-state index in [4.69, 9.17) is 19.7 Å². The van der Waals surface area contributed by atoms with Crippen LogP contribution in [0.15, 0.2) is 43.0 Å². The Balaban J connectivity index is 1.08. The Kier molecular flexibility index (Phi) is 15.5. The number of nitrogens with two attached hydrogens (primary N) is 1. The molecular weight excluding hydrogens is 561 g/mol. The lowest BCUT2D eigenvalue weighted by atomic mass is 10.1. The van der Waals surface area contributed by atoms with Crippen molar-refractivity contribution in [2.24, 2.45) is 0 Å². The van der Waals surface area contributed by atoms with Crippen molar-refractivity contribution in [3.05, 3.63) is 43.0 Å². The van der Waals surface area contributed by atoms with E-state index in [1.165, 1.54) is 57.7 Å². The van der Waals surface area contributed by atoms with Gasteiger partial charge in [0.25, 0.3) is 0 Å². The highest BCUT2D eigenvalue weighted by Gasteiger charge is 2.21. The number of imidazole rings is 1. The standard InChI is InChI=1S/C29H46N5O5PS/c1-25(21-34-23-33-27-28(30)31-22-32-29(27)34)38-24-40(35,36)39-18-14-20-41-19-13-8-6-4-2-3-5-7-12-17-37-26-15-10-9-11-16-26/h9-11,15-16,22-23,25H,2-8,12-14,17-21,24H2,1H3,(H,35,36)(H2,30,31,32)/t25-/m1/s1. The maximum absolute atomic E-state index is 12.3. The summed E-state index contributed by atoms with van der Waals surface area (Å²) >= 11 is 1.88. The third-order valence-corrected chi connectivity index (χ3v) is 8.79. The van der Waals surface area contributed by atoms with Gasteiger partial charge in [-0.05, 0) is 49.8 Å². The van der Waals surface area contributed by atoms with Crippen LogP contribution in [-0.4, -0.2) is 61.6 Å². The van der Waals surface area contributed by atoms with E-state index in [9.17, 15) is 9.46 Å². The molecule has 0 aliphatic carbocycles. The van der Waals surface area contributed by atoms with Crippen molar-refractivity contribution in [1.29, 1.82) is 0 Å². The molecule has 12 heteroatoms. The largest absolute Gasteiger partial charge is 0.494 e. The lowest BCUT2D eigenvalue weighted by Crippen LogP contribution is -2.17. The normalized spacial score (nSPS) is 13.8. The third kappa shape index (κ3) is 13.6. The smallest absolute Gasteiger partial charge is 0.353 e. The summed E-state index contributed by atoms with van der Waals surface area (Å²) in [7, 11) is -3.80. The molecule has 0 fully saturated rings. The van der Waals surface area contributed by atoms with Gasteiger partial charge in [0, 0.05) is 0 Å². The predicted molar refractivity (Wildman–Crippen MR) is 166 cm³/mol. The molecule has 228 valence electrons. The summed E-state index contributed by atoms with van der Waals surface area (Å²) in [5, 5.41) is 0. The van der Waals surface area contributed by atoms with Gasteiger partial charge in [0.1, 0.15) is 23.9 Å². The van der Waals surface area contributed by atoms with Crippen molar-refractivity contribution in [3.63, 3.8) is 0 Å². The molecule has 10 nitrogen and oxygen atoms in total. The van der Waals surface area contributed by atoms with Crippen LogP contribution in [0.25, 0.3) is 11.2 Å². The lowest BCUT2D eigenvalue weighted by Gasteiger charge is -2.17. The molecule has 2 heterocycles. The topological polar surface area (TPSA) is 135 Å². The number of anilines is 1. The summed E-state index contributed by atoms with van der Waals surface area (Å²) in [4.78, 5) is 22.4. The predicted octanol–water partition coefficient (Wildman–Crippen LogP) is 6.69. The van der Waals surface area contributed by atoms with E-state index in [1.54, 1.807) is 10.9 Å². The van der Waals surface area contributed by atoms with E-state index in [2.05, 4.69) is 15.0 Å². The summed E-state index contributed by atoms with van der Waals surface area (Å²) in [6, 6.07) is 10.0. The number of nitrogens with zero attached hydrogens (tertiary/aromatic N) is 4. The molecule has 0 spiro atoms. The minimum atomic E-state index is -3.80. The number of hydrogen-bond acceptors (Lipinski definition) is 9. The van der Waals surface area contributed by atoms with Gasteiger partial charge in [-0.2, -0.15) is 11.8 Å². The Morgan fingerprint density at radius 2 is 1.61 bits per heavy atom. The maximum Gasteiger partial charge on any atom is 0.353 e. The molecule has 1 unspecified atom stereocenters. The van der Waals surface area contributed by atoms with Gasteiger partial charge in [0.15, 0.2) is 11.5 Å². The fraction of sp³-hybridized carbons (Fsp3) is 0.621. The number of unbranched alkanes of at least 4 members (excludes halogenated alkanes) is 8. The molecule has 41 heavy (non-hydrogen) atoms. The highest BCUT2D eigenvalue weighted by molar-refractivity contribution is 7.99. The molecule has 0 radical (unpaired) electrons. The SMILES string of the molecule is C[C@H](Cn1cnc2c(N)ncnc21)OCP(=O)(O)OCCCSCCCCCCCCCCCOc1ccccc1. The van der Waals surface area contributed by atoms with Gasteiger partial charge in [0.05, 0.1) is 32.2 Å². The molecule has 0 aliphatic heterocycles. The number of thioether (sulfide) groups is 1. The molecule has 0 aliphatic rings. The molecule has 3 rings (SSSR count). The number of fused-ring (bicyclic) bond motifs is 1. The first-order valence-electron chi connectivity index (χ1n) is 14.7. The second-order valence-electron chi connectivity index (χ2n) is 10.2. The van der Waals surface area contributed by atoms with Crippen LogP contribution in [0.1, 0.15) is 71.1 Å². The first-order chi connectivity index (χ1) is 19.9. The van der Waals surface area contributed by atoms with Crippen molar-refractivity contribution in [3.8, 4) is 5.75 Å².